The second kappa shape index (κ2) is 15.0. The third-order valence-electron chi connectivity index (χ3n) is 5.12. The number of methoxy groups -OCH3 is 1. The van der Waals surface area contributed by atoms with Crippen LogP contribution in [0.15, 0.2) is 71.8 Å². The molecule has 39 heavy (non-hydrogen) atoms. The van der Waals surface area contributed by atoms with E-state index in [2.05, 4.69) is 28.1 Å². The van der Waals surface area contributed by atoms with Gasteiger partial charge < -0.3 is 24.8 Å². The number of hydrogen-bond donors (Lipinski definition) is 3. The number of nitrogens with one attached hydrogen (secondary N) is 3. The van der Waals surface area contributed by atoms with Gasteiger partial charge in [-0.2, -0.15) is 5.10 Å². The summed E-state index contributed by atoms with van der Waals surface area (Å²) in [5.74, 6) is -0.816. The number of hydrazone groups is 1. The van der Waals surface area contributed by atoms with Gasteiger partial charge in [0.1, 0.15) is 5.75 Å². The number of halogens is 1. The molecular formula is C28H29ClN4O6. The maximum Gasteiger partial charge on any atom is 0.329 e. The lowest BCUT2D eigenvalue weighted by Crippen LogP contribution is -2.32. The smallest absolute Gasteiger partial charge is 0.329 e. The van der Waals surface area contributed by atoms with Gasteiger partial charge in [-0.3, -0.25) is 14.4 Å². The molecule has 204 valence electrons. The molecule has 11 heteroatoms. The van der Waals surface area contributed by atoms with Gasteiger partial charge in [-0.05, 0) is 72.6 Å². The van der Waals surface area contributed by atoms with E-state index < -0.39 is 11.8 Å². The zero-order valence-electron chi connectivity index (χ0n) is 21.5. The highest BCUT2D eigenvalue weighted by Gasteiger charge is 2.13. The zero-order valence-corrected chi connectivity index (χ0v) is 22.3. The van der Waals surface area contributed by atoms with Gasteiger partial charge in [0.05, 0.1) is 19.9 Å². The minimum atomic E-state index is -0.938. The Hall–Kier alpha value is -4.57. The molecule has 10 nitrogen and oxygen atoms in total. The molecule has 0 unspecified atom stereocenters. The van der Waals surface area contributed by atoms with Crippen LogP contribution < -0.4 is 30.3 Å². The molecule has 3 amide bonds. The first-order chi connectivity index (χ1) is 18.9. The van der Waals surface area contributed by atoms with Crippen molar-refractivity contribution in [2.45, 2.75) is 19.8 Å². The van der Waals surface area contributed by atoms with Crippen LogP contribution in [0.5, 0.6) is 17.2 Å². The fraction of sp³-hybridized carbons (Fsp3) is 0.214. The third kappa shape index (κ3) is 9.67. The number of ether oxygens (including phenoxy) is 3. The van der Waals surface area contributed by atoms with Crippen LogP contribution in [-0.2, 0) is 14.4 Å². The van der Waals surface area contributed by atoms with E-state index in [0.29, 0.717) is 45.8 Å². The van der Waals surface area contributed by atoms with Crippen LogP contribution in [0.3, 0.4) is 0 Å². The van der Waals surface area contributed by atoms with Crippen molar-refractivity contribution in [2.24, 2.45) is 5.10 Å². The maximum atomic E-state index is 12.2. The largest absolute Gasteiger partial charge is 0.494 e. The first kappa shape index (κ1) is 29.0. The van der Waals surface area contributed by atoms with Gasteiger partial charge in [0.2, 0.25) is 0 Å². The maximum absolute atomic E-state index is 12.2. The number of rotatable bonds is 12. The monoisotopic (exact) mass is 552 g/mol. The molecule has 0 spiro atoms. The van der Waals surface area contributed by atoms with E-state index in [-0.39, 0.29) is 12.5 Å². The fourth-order valence-corrected chi connectivity index (χ4v) is 3.35. The van der Waals surface area contributed by atoms with E-state index in [1.807, 2.05) is 0 Å². The predicted octanol–water partition coefficient (Wildman–Crippen LogP) is 4.63. The molecule has 0 saturated carbocycles. The number of carbonyl (C=O) groups is 3. The summed E-state index contributed by atoms with van der Waals surface area (Å²) in [5.41, 5.74) is 3.73. The lowest BCUT2D eigenvalue weighted by atomic mass is 10.2. The van der Waals surface area contributed by atoms with Crippen molar-refractivity contribution >= 4 is 46.9 Å². The number of carbonyl (C=O) groups excluding carboxylic acids is 3. The number of nitrogens with zero attached hydrogens (tertiary/aromatic N) is 1. The lowest BCUT2D eigenvalue weighted by Gasteiger charge is -2.11. The Morgan fingerprint density at radius 1 is 0.897 bits per heavy atom. The van der Waals surface area contributed by atoms with Crippen LogP contribution >= 0.6 is 11.6 Å². The van der Waals surface area contributed by atoms with Crippen LogP contribution in [0.4, 0.5) is 11.4 Å². The molecule has 0 radical (unpaired) electrons. The standard InChI is InChI=1S/C28H29ClN4O6/c1-3-4-14-38-23-11-9-21(10-12-23)32-27(35)28(36)33-30-17-19-8-13-24(25(15-19)37-2)39-18-26(34)31-22-7-5-6-20(29)16-22/h5-13,15-17H,3-4,14,18H2,1-2H3,(H,31,34)(H,32,35)(H,33,36)/b30-17-. The summed E-state index contributed by atoms with van der Waals surface area (Å²) in [4.78, 5) is 36.4. The lowest BCUT2D eigenvalue weighted by molar-refractivity contribution is -0.136. The van der Waals surface area contributed by atoms with Crippen molar-refractivity contribution in [3.8, 4) is 17.2 Å². The summed E-state index contributed by atoms with van der Waals surface area (Å²) >= 11 is 5.92. The van der Waals surface area contributed by atoms with Gasteiger partial charge in [0.25, 0.3) is 5.91 Å². The summed E-state index contributed by atoms with van der Waals surface area (Å²) in [7, 11) is 1.45. The Bertz CT molecular complexity index is 1310. The predicted molar refractivity (Wildman–Crippen MR) is 150 cm³/mol. The van der Waals surface area contributed by atoms with Gasteiger partial charge in [-0.1, -0.05) is 31.0 Å². The molecule has 0 aliphatic carbocycles. The van der Waals surface area contributed by atoms with Gasteiger partial charge in [-0.15, -0.1) is 0 Å². The Balaban J connectivity index is 1.48. The molecule has 0 aromatic heterocycles. The summed E-state index contributed by atoms with van der Waals surface area (Å²) in [5, 5.41) is 9.50. The van der Waals surface area contributed by atoms with Gasteiger partial charge >= 0.3 is 11.8 Å². The second-order valence-corrected chi connectivity index (χ2v) is 8.57. The summed E-state index contributed by atoms with van der Waals surface area (Å²) < 4.78 is 16.5. The molecular weight excluding hydrogens is 524 g/mol. The Kier molecular flexibility index (Phi) is 11.1. The molecule has 0 heterocycles. The average Bonchev–Trinajstić information content (AvgIpc) is 2.93. The van der Waals surface area contributed by atoms with E-state index in [9.17, 15) is 14.4 Å². The van der Waals surface area contributed by atoms with Crippen molar-refractivity contribution in [3.63, 3.8) is 0 Å². The van der Waals surface area contributed by atoms with Crippen LogP contribution in [0, 0.1) is 0 Å². The zero-order chi connectivity index (χ0) is 28.0. The van der Waals surface area contributed by atoms with Crippen molar-refractivity contribution in [1.29, 1.82) is 0 Å². The van der Waals surface area contributed by atoms with E-state index >= 15 is 0 Å². The van der Waals surface area contributed by atoms with E-state index in [0.717, 1.165) is 12.8 Å². The average molecular weight is 553 g/mol. The molecule has 0 atom stereocenters. The topological polar surface area (TPSA) is 127 Å². The number of hydrogen-bond acceptors (Lipinski definition) is 7. The molecule has 3 aromatic rings. The summed E-state index contributed by atoms with van der Waals surface area (Å²) in [6.07, 6.45) is 3.32. The number of unbranched alkanes of at least 4 members (excludes halogenated alkanes) is 1. The molecule has 3 N–H and O–H groups in total. The molecule has 0 aliphatic rings. The van der Waals surface area contributed by atoms with Crippen LogP contribution in [-0.4, -0.2) is 44.3 Å². The third-order valence-corrected chi connectivity index (χ3v) is 5.35. The minimum Gasteiger partial charge on any atom is -0.494 e. The number of benzene rings is 3. The molecule has 3 aromatic carbocycles. The van der Waals surface area contributed by atoms with Crippen LogP contribution in [0.2, 0.25) is 5.02 Å². The van der Waals surface area contributed by atoms with Gasteiger partial charge in [-0.25, -0.2) is 5.43 Å². The van der Waals surface area contributed by atoms with Crippen LogP contribution in [0.25, 0.3) is 0 Å². The Morgan fingerprint density at radius 2 is 1.69 bits per heavy atom. The normalized spacial score (nSPS) is 10.5. The summed E-state index contributed by atoms with van der Waals surface area (Å²) in [6, 6.07) is 18.3. The fourth-order valence-electron chi connectivity index (χ4n) is 3.16. The highest BCUT2D eigenvalue weighted by Crippen LogP contribution is 2.27. The molecule has 0 fully saturated rings. The SMILES string of the molecule is CCCCOc1ccc(NC(=O)C(=O)N/N=C\c2ccc(OCC(=O)Nc3cccc(Cl)c3)c(OC)c2)cc1. The molecule has 0 aliphatic heterocycles. The molecule has 0 saturated heterocycles. The highest BCUT2D eigenvalue weighted by atomic mass is 35.5. The van der Waals surface area contributed by atoms with E-state index in [4.69, 9.17) is 25.8 Å². The molecule has 0 bridgehead atoms. The second-order valence-electron chi connectivity index (χ2n) is 8.14. The Labute approximate surface area is 231 Å². The van der Waals surface area contributed by atoms with Crippen LogP contribution in [0.1, 0.15) is 25.3 Å². The van der Waals surface area contributed by atoms with Crippen molar-refractivity contribution in [2.75, 3.05) is 31.0 Å². The Morgan fingerprint density at radius 3 is 2.41 bits per heavy atom. The number of anilines is 2. The van der Waals surface area contributed by atoms with Gasteiger partial charge in [0.15, 0.2) is 18.1 Å². The van der Waals surface area contributed by atoms with Crippen molar-refractivity contribution in [3.05, 3.63) is 77.3 Å². The van der Waals surface area contributed by atoms with E-state index in [1.54, 1.807) is 66.7 Å². The first-order valence-electron chi connectivity index (χ1n) is 12.1. The summed E-state index contributed by atoms with van der Waals surface area (Å²) in [6.45, 7) is 2.44. The highest BCUT2D eigenvalue weighted by molar-refractivity contribution is 6.39. The minimum absolute atomic E-state index is 0.254. The molecule has 3 rings (SSSR count). The van der Waals surface area contributed by atoms with Crippen molar-refractivity contribution < 1.29 is 28.6 Å². The first-order valence-corrected chi connectivity index (χ1v) is 12.5. The van der Waals surface area contributed by atoms with E-state index in [1.165, 1.54) is 13.3 Å². The quantitative estimate of drug-likeness (QED) is 0.130. The van der Waals surface area contributed by atoms with Crippen molar-refractivity contribution in [1.82, 2.24) is 5.43 Å². The number of amides is 3. The van der Waals surface area contributed by atoms with Gasteiger partial charge in [0, 0.05) is 16.4 Å².